The summed E-state index contributed by atoms with van der Waals surface area (Å²) in [6.45, 7) is 9.34. The quantitative estimate of drug-likeness (QED) is 0.380. The normalized spacial score (nSPS) is 11.4. The lowest BCUT2D eigenvalue weighted by molar-refractivity contribution is 0.338. The lowest BCUT2D eigenvalue weighted by Crippen LogP contribution is -1.93. The second-order valence-corrected chi connectivity index (χ2v) is 8.49. The predicted octanol–water partition coefficient (Wildman–Crippen LogP) is 5.65. The monoisotopic (exact) mass is 414 g/mol. The van der Waals surface area contributed by atoms with Gasteiger partial charge >= 0.3 is 0 Å². The molecule has 0 saturated heterocycles. The van der Waals surface area contributed by atoms with Crippen molar-refractivity contribution in [2.24, 2.45) is 0 Å². The van der Waals surface area contributed by atoms with E-state index in [9.17, 15) is 0 Å². The molecule has 0 aliphatic heterocycles. The van der Waals surface area contributed by atoms with Crippen LogP contribution in [0.15, 0.2) is 34.6 Å². The molecule has 6 nitrogen and oxygen atoms in total. The van der Waals surface area contributed by atoms with Gasteiger partial charge in [0.05, 0.1) is 35.3 Å². The van der Waals surface area contributed by atoms with E-state index in [1.807, 2.05) is 39.8 Å². The topological polar surface area (TPSA) is 75.8 Å². The fourth-order valence-electron chi connectivity index (χ4n) is 3.02. The van der Waals surface area contributed by atoms with Crippen molar-refractivity contribution in [2.45, 2.75) is 38.0 Å². The van der Waals surface area contributed by atoms with Crippen LogP contribution in [0.2, 0.25) is 0 Å². The Hall–Kier alpha value is -2.32. The minimum Gasteiger partial charge on any atom is -0.494 e. The highest BCUT2D eigenvalue weighted by Crippen LogP contribution is 2.37. The average Bonchev–Trinajstić information content (AvgIpc) is 3.23. The van der Waals surface area contributed by atoms with E-state index < -0.39 is 0 Å². The molecular weight excluding hydrogens is 392 g/mol. The number of fused-ring (bicyclic) bond motifs is 2. The van der Waals surface area contributed by atoms with E-state index in [1.165, 1.54) is 0 Å². The third-order valence-electron chi connectivity index (χ3n) is 4.31. The number of nitrogens with one attached hydrogen (secondary N) is 2. The summed E-state index contributed by atoms with van der Waals surface area (Å²) in [5, 5.41) is 1.67. The summed E-state index contributed by atoms with van der Waals surface area (Å²) in [7, 11) is 3.08. The smallest absolute Gasteiger partial charge is 0.177 e. The van der Waals surface area contributed by atoms with Crippen molar-refractivity contribution in [3.8, 4) is 11.5 Å². The van der Waals surface area contributed by atoms with Crippen LogP contribution >= 0.6 is 21.6 Å². The van der Waals surface area contributed by atoms with Crippen molar-refractivity contribution in [3.63, 3.8) is 0 Å². The van der Waals surface area contributed by atoms with Crippen molar-refractivity contribution in [1.29, 1.82) is 0 Å². The summed E-state index contributed by atoms with van der Waals surface area (Å²) in [6, 6.07) is 8.11. The van der Waals surface area contributed by atoms with E-state index in [0.717, 1.165) is 55.0 Å². The number of aryl methyl sites for hydroxylation is 2. The minimum atomic E-state index is 0.644. The molecule has 2 N–H and O–H groups in total. The number of hydrogen-bond donors (Lipinski definition) is 2. The molecule has 4 rings (SSSR count). The molecule has 0 unspecified atom stereocenters. The van der Waals surface area contributed by atoms with Gasteiger partial charge in [0.1, 0.15) is 11.5 Å². The standard InChI is InChI=1S/C20H22N4O2S2/c1-5-25-17-9-15-13(7-11(17)3)21-19(23-15)27-28-20-22-14-8-12(4)18(26-6-2)10-16(14)24-20/h7-10H,5-6H2,1-4H3,(H,21,23)(H,22,24). The molecule has 0 saturated carbocycles. The summed E-state index contributed by atoms with van der Waals surface area (Å²) < 4.78 is 11.3. The number of imidazole rings is 2. The SMILES string of the molecule is CCOc1cc2nc(SSc3nc4cc(OCC)c(C)cc4[nH]3)[nH]c2cc1C. The van der Waals surface area contributed by atoms with Crippen LogP contribution in [-0.4, -0.2) is 33.1 Å². The molecule has 2 aromatic heterocycles. The zero-order chi connectivity index (χ0) is 19.7. The molecule has 0 fully saturated rings. The van der Waals surface area contributed by atoms with Crippen LogP contribution in [0.25, 0.3) is 22.1 Å². The number of hydrogen-bond acceptors (Lipinski definition) is 6. The van der Waals surface area contributed by atoms with Crippen molar-refractivity contribution in [1.82, 2.24) is 19.9 Å². The summed E-state index contributed by atoms with van der Waals surface area (Å²) in [4.78, 5) is 16.0. The van der Waals surface area contributed by atoms with E-state index in [0.29, 0.717) is 13.2 Å². The number of benzene rings is 2. The van der Waals surface area contributed by atoms with Gasteiger partial charge in [-0.15, -0.1) is 0 Å². The molecule has 146 valence electrons. The van der Waals surface area contributed by atoms with Crippen molar-refractivity contribution >= 4 is 43.7 Å². The number of aromatic nitrogens is 4. The van der Waals surface area contributed by atoms with E-state index in [-0.39, 0.29) is 0 Å². The Labute approximate surface area is 171 Å². The molecule has 8 heteroatoms. The second kappa shape index (κ2) is 7.97. The van der Waals surface area contributed by atoms with Crippen LogP contribution in [0.1, 0.15) is 25.0 Å². The highest BCUT2D eigenvalue weighted by atomic mass is 33.1. The van der Waals surface area contributed by atoms with Gasteiger partial charge < -0.3 is 19.4 Å². The van der Waals surface area contributed by atoms with Crippen LogP contribution in [0.5, 0.6) is 11.5 Å². The Balaban J connectivity index is 1.53. The van der Waals surface area contributed by atoms with Crippen LogP contribution in [-0.2, 0) is 0 Å². The molecule has 0 bridgehead atoms. The molecule has 0 spiro atoms. The first-order valence-corrected chi connectivity index (χ1v) is 11.3. The lowest BCUT2D eigenvalue weighted by Gasteiger charge is -2.05. The van der Waals surface area contributed by atoms with Gasteiger partial charge in [0.25, 0.3) is 0 Å². The number of ether oxygens (including phenoxy) is 2. The van der Waals surface area contributed by atoms with E-state index >= 15 is 0 Å². The Kier molecular flexibility index (Phi) is 5.41. The van der Waals surface area contributed by atoms with Gasteiger partial charge in [-0.3, -0.25) is 0 Å². The molecule has 0 atom stereocenters. The van der Waals surface area contributed by atoms with Gasteiger partial charge in [-0.25, -0.2) is 9.97 Å². The van der Waals surface area contributed by atoms with E-state index in [4.69, 9.17) is 9.47 Å². The minimum absolute atomic E-state index is 0.644. The highest BCUT2D eigenvalue weighted by molar-refractivity contribution is 8.76. The first-order valence-electron chi connectivity index (χ1n) is 9.18. The summed E-state index contributed by atoms with van der Waals surface area (Å²) in [5.74, 6) is 1.76. The Morgan fingerprint density at radius 2 is 1.18 bits per heavy atom. The first-order chi connectivity index (χ1) is 13.6. The third-order valence-corrected chi connectivity index (χ3v) is 6.30. The zero-order valence-electron chi connectivity index (χ0n) is 16.3. The predicted molar refractivity (Wildman–Crippen MR) is 116 cm³/mol. The van der Waals surface area contributed by atoms with Crippen LogP contribution in [0.3, 0.4) is 0 Å². The molecular formula is C20H22N4O2S2. The van der Waals surface area contributed by atoms with Gasteiger partial charge in [0.15, 0.2) is 10.3 Å². The van der Waals surface area contributed by atoms with E-state index in [1.54, 1.807) is 21.6 Å². The summed E-state index contributed by atoms with van der Waals surface area (Å²) in [5.41, 5.74) is 6.01. The molecule has 0 radical (unpaired) electrons. The lowest BCUT2D eigenvalue weighted by atomic mass is 10.2. The van der Waals surface area contributed by atoms with Crippen molar-refractivity contribution in [3.05, 3.63) is 35.4 Å². The Bertz CT molecular complexity index is 1050. The van der Waals surface area contributed by atoms with Gasteiger partial charge in [0, 0.05) is 12.1 Å². The molecule has 0 amide bonds. The van der Waals surface area contributed by atoms with Gasteiger partial charge in [0.2, 0.25) is 0 Å². The van der Waals surface area contributed by atoms with Gasteiger partial charge in [-0.05, 0) is 72.5 Å². The maximum atomic E-state index is 5.66. The fourth-order valence-corrected chi connectivity index (χ4v) is 4.70. The number of H-pyrrole nitrogens is 2. The van der Waals surface area contributed by atoms with Crippen LogP contribution in [0, 0.1) is 13.8 Å². The number of nitrogens with zero attached hydrogens (tertiary/aromatic N) is 2. The average molecular weight is 415 g/mol. The van der Waals surface area contributed by atoms with Crippen molar-refractivity contribution in [2.75, 3.05) is 13.2 Å². The van der Waals surface area contributed by atoms with Crippen LogP contribution < -0.4 is 9.47 Å². The Morgan fingerprint density at radius 1 is 0.750 bits per heavy atom. The molecule has 0 aliphatic rings. The maximum Gasteiger partial charge on any atom is 0.177 e. The summed E-state index contributed by atoms with van der Waals surface area (Å²) >= 11 is 0. The number of aromatic amines is 2. The third kappa shape index (κ3) is 3.79. The molecule has 4 aromatic rings. The van der Waals surface area contributed by atoms with Crippen LogP contribution in [0.4, 0.5) is 0 Å². The Morgan fingerprint density at radius 3 is 1.57 bits per heavy atom. The first kappa shape index (κ1) is 19.0. The molecule has 2 heterocycles. The van der Waals surface area contributed by atoms with Gasteiger partial charge in [-0.1, -0.05) is 0 Å². The zero-order valence-corrected chi connectivity index (χ0v) is 17.9. The van der Waals surface area contributed by atoms with Gasteiger partial charge in [-0.2, -0.15) is 0 Å². The molecule has 0 aliphatic carbocycles. The second-order valence-electron chi connectivity index (χ2n) is 6.39. The highest BCUT2D eigenvalue weighted by Gasteiger charge is 2.11. The fraction of sp³-hybridized carbons (Fsp3) is 0.300. The molecule has 28 heavy (non-hydrogen) atoms. The van der Waals surface area contributed by atoms with Crippen molar-refractivity contribution < 1.29 is 9.47 Å². The van der Waals surface area contributed by atoms with E-state index in [2.05, 4.69) is 32.1 Å². The molecule has 2 aromatic carbocycles. The number of rotatable bonds is 7. The summed E-state index contributed by atoms with van der Waals surface area (Å²) in [6.07, 6.45) is 0. The maximum absolute atomic E-state index is 5.66. The largest absolute Gasteiger partial charge is 0.494 e.